The number of aromatic amines is 1. The van der Waals surface area contributed by atoms with Crippen LogP contribution in [0.2, 0.25) is 5.15 Å². The van der Waals surface area contributed by atoms with E-state index < -0.39 is 5.82 Å². The topological polar surface area (TPSA) is 106 Å². The Balaban J connectivity index is 1.45. The zero-order chi connectivity index (χ0) is 24.8. The summed E-state index contributed by atoms with van der Waals surface area (Å²) in [4.78, 5) is 34.5. The van der Waals surface area contributed by atoms with Gasteiger partial charge in [-0.1, -0.05) is 17.7 Å². The summed E-state index contributed by atoms with van der Waals surface area (Å²) < 4.78 is 21.4. The predicted molar refractivity (Wildman–Crippen MR) is 136 cm³/mol. The smallest absolute Gasteiger partial charge is 0.311 e. The van der Waals surface area contributed by atoms with Gasteiger partial charge in [0.25, 0.3) is 0 Å². The number of hydrogen-bond donors (Lipinski definition) is 2. The number of halogens is 2. The minimum atomic E-state index is -0.542. The number of esters is 1. The Kier molecular flexibility index (Phi) is 6.08. The molecule has 7 rings (SSSR count). The zero-order valence-corrected chi connectivity index (χ0v) is 21.1. The molecule has 2 bridgehead atoms. The van der Waals surface area contributed by atoms with Crippen LogP contribution in [-0.4, -0.2) is 43.5 Å². The van der Waals surface area contributed by atoms with E-state index in [0.717, 1.165) is 25.7 Å². The molecule has 4 heterocycles. The van der Waals surface area contributed by atoms with Gasteiger partial charge in [0.1, 0.15) is 16.4 Å². The number of fused-ring (bicyclic) bond motifs is 4. The monoisotopic (exact) mass is 526 g/mol. The van der Waals surface area contributed by atoms with Gasteiger partial charge in [-0.2, -0.15) is 0 Å². The molecule has 0 unspecified atom stereocenters. The highest BCUT2D eigenvalue weighted by atomic mass is 35.5. The summed E-state index contributed by atoms with van der Waals surface area (Å²) in [6, 6.07) is 3.42. The van der Waals surface area contributed by atoms with Gasteiger partial charge < -0.3 is 15.0 Å². The van der Waals surface area contributed by atoms with E-state index in [1.807, 2.05) is 24.4 Å². The zero-order valence-electron chi connectivity index (χ0n) is 19.5. The van der Waals surface area contributed by atoms with Crippen LogP contribution < -0.4 is 5.32 Å². The van der Waals surface area contributed by atoms with E-state index in [2.05, 4.69) is 30.2 Å². The first-order chi connectivity index (χ1) is 17.5. The van der Waals surface area contributed by atoms with Crippen LogP contribution in [0.5, 0.6) is 0 Å². The van der Waals surface area contributed by atoms with Gasteiger partial charge in [0, 0.05) is 12.2 Å². The van der Waals surface area contributed by atoms with Gasteiger partial charge in [0.2, 0.25) is 0 Å². The average Bonchev–Trinajstić information content (AvgIpc) is 3.56. The summed E-state index contributed by atoms with van der Waals surface area (Å²) in [5.41, 5.74) is 1.81. The number of hydrogen-bond acceptors (Lipinski definition) is 8. The van der Waals surface area contributed by atoms with E-state index in [4.69, 9.17) is 16.3 Å². The lowest BCUT2D eigenvalue weighted by molar-refractivity contribution is -0.154. The van der Waals surface area contributed by atoms with E-state index in [9.17, 15) is 4.79 Å². The first kappa shape index (κ1) is 23.3. The molecule has 3 fully saturated rings. The molecule has 2 atom stereocenters. The predicted octanol–water partition coefficient (Wildman–Crippen LogP) is 5.72. The molecule has 3 aliphatic carbocycles. The van der Waals surface area contributed by atoms with E-state index >= 15 is 4.39 Å². The van der Waals surface area contributed by atoms with Gasteiger partial charge in [-0.3, -0.25) is 4.79 Å². The lowest BCUT2D eigenvalue weighted by atomic mass is 9.61. The molecule has 0 radical (unpaired) electrons. The molecule has 2 N–H and O–H groups in total. The Morgan fingerprint density at radius 3 is 2.81 bits per heavy atom. The van der Waals surface area contributed by atoms with Crippen LogP contribution in [0.1, 0.15) is 32.6 Å². The molecule has 4 aromatic heterocycles. The molecule has 3 saturated carbocycles. The Bertz CT molecular complexity index is 1420. The van der Waals surface area contributed by atoms with Gasteiger partial charge >= 0.3 is 5.97 Å². The molecule has 0 aromatic carbocycles. The first-order valence-electron chi connectivity index (χ1n) is 12.1. The van der Waals surface area contributed by atoms with Crippen molar-refractivity contribution in [2.45, 2.75) is 38.6 Å². The number of thiophene rings is 1. The second kappa shape index (κ2) is 9.40. The highest BCUT2D eigenvalue weighted by Gasteiger charge is 2.48. The van der Waals surface area contributed by atoms with Crippen LogP contribution in [0, 0.1) is 23.6 Å². The molecule has 0 spiro atoms. The van der Waals surface area contributed by atoms with Crippen molar-refractivity contribution in [1.82, 2.24) is 24.9 Å². The largest absolute Gasteiger partial charge is 0.466 e. The lowest BCUT2D eigenvalue weighted by Crippen LogP contribution is -2.52. The highest BCUT2D eigenvalue weighted by molar-refractivity contribution is 7.13. The van der Waals surface area contributed by atoms with E-state index in [-0.39, 0.29) is 46.4 Å². The molecule has 36 heavy (non-hydrogen) atoms. The van der Waals surface area contributed by atoms with Gasteiger partial charge in [-0.25, -0.2) is 24.3 Å². The van der Waals surface area contributed by atoms with Crippen molar-refractivity contribution in [1.29, 1.82) is 0 Å². The maximum Gasteiger partial charge on any atom is 0.311 e. The van der Waals surface area contributed by atoms with Crippen molar-refractivity contribution in [2.75, 3.05) is 11.9 Å². The third kappa shape index (κ3) is 4.02. The molecular weight excluding hydrogens is 503 g/mol. The maximum atomic E-state index is 15.9. The molecule has 186 valence electrons. The van der Waals surface area contributed by atoms with Crippen molar-refractivity contribution in [2.24, 2.45) is 17.8 Å². The molecule has 0 amide bonds. The van der Waals surface area contributed by atoms with Crippen LogP contribution in [0.3, 0.4) is 0 Å². The van der Waals surface area contributed by atoms with Gasteiger partial charge in [-0.05, 0) is 55.9 Å². The Hall–Kier alpha value is -3.11. The number of ether oxygens (including phenoxy) is 1. The molecule has 4 aromatic rings. The molecule has 3 aliphatic rings. The third-order valence-electron chi connectivity index (χ3n) is 7.28. The number of rotatable bonds is 6. The number of anilines is 1. The Labute approximate surface area is 215 Å². The number of nitrogens with zero attached hydrogens (tertiary/aromatic N) is 4. The summed E-state index contributed by atoms with van der Waals surface area (Å²) >= 11 is 7.39. The van der Waals surface area contributed by atoms with Crippen molar-refractivity contribution in [3.63, 3.8) is 0 Å². The fraction of sp³-hybridized carbons (Fsp3) is 0.400. The van der Waals surface area contributed by atoms with Crippen LogP contribution in [0.15, 0.2) is 29.9 Å². The SMILES string of the molecule is CCOC(=O)[C@H]1C2CCC(CC2)[C@@H]1Nc1nc(-c2c[nH]c3nc(Cl)cnc23)nc(-c2cccs2)c1F. The number of carbonyl (C=O) groups excluding carboxylic acids is 1. The van der Waals surface area contributed by atoms with Crippen molar-refractivity contribution >= 4 is 45.9 Å². The number of H-pyrrole nitrogens is 1. The van der Waals surface area contributed by atoms with Crippen LogP contribution in [0.4, 0.5) is 10.2 Å². The minimum Gasteiger partial charge on any atom is -0.466 e. The normalized spacial score (nSPS) is 23.2. The highest BCUT2D eigenvalue weighted by Crippen LogP contribution is 2.47. The Morgan fingerprint density at radius 2 is 2.06 bits per heavy atom. The second-order valence-electron chi connectivity index (χ2n) is 9.25. The molecule has 11 heteroatoms. The molecule has 8 nitrogen and oxygen atoms in total. The van der Waals surface area contributed by atoms with Crippen molar-refractivity contribution in [3.05, 3.63) is 40.9 Å². The summed E-state index contributed by atoms with van der Waals surface area (Å²) in [6.45, 7) is 2.13. The fourth-order valence-electron chi connectivity index (χ4n) is 5.68. The van der Waals surface area contributed by atoms with Gasteiger partial charge in [-0.15, -0.1) is 11.3 Å². The number of aromatic nitrogens is 5. The molecular formula is C25H24ClFN6O2S. The number of nitrogens with one attached hydrogen (secondary N) is 2. The van der Waals surface area contributed by atoms with Crippen LogP contribution in [-0.2, 0) is 9.53 Å². The van der Waals surface area contributed by atoms with Crippen molar-refractivity contribution in [3.8, 4) is 22.0 Å². The second-order valence-corrected chi connectivity index (χ2v) is 10.6. The minimum absolute atomic E-state index is 0.0755. The standard InChI is InChI=1S/C25H24ClFN6O2S/c1-2-35-25(34)17-12-5-7-13(8-6-12)19(17)31-23-18(27)21(15-4-3-9-36-15)32-22(33-23)14-10-29-24-20(14)28-11-16(26)30-24/h3-4,9-13,17,19H,2,5-8H2,1H3,(H,29,30)(H,31,32,33)/t12?,13?,17-,19-/m0/s1. The first-order valence-corrected chi connectivity index (χ1v) is 13.3. The maximum absolute atomic E-state index is 15.9. The third-order valence-corrected chi connectivity index (χ3v) is 8.34. The summed E-state index contributed by atoms with van der Waals surface area (Å²) in [5.74, 6) is -0.248. The van der Waals surface area contributed by atoms with Gasteiger partial charge in [0.05, 0.1) is 29.2 Å². The molecule has 0 aliphatic heterocycles. The summed E-state index contributed by atoms with van der Waals surface area (Å²) in [5, 5.41) is 5.48. The van der Waals surface area contributed by atoms with Crippen LogP contribution in [0.25, 0.3) is 33.1 Å². The quantitative estimate of drug-likeness (QED) is 0.310. The van der Waals surface area contributed by atoms with Crippen LogP contribution >= 0.6 is 22.9 Å². The van der Waals surface area contributed by atoms with E-state index in [1.54, 1.807) is 6.20 Å². The number of carbonyl (C=O) groups is 1. The van der Waals surface area contributed by atoms with E-state index in [0.29, 0.717) is 34.0 Å². The summed E-state index contributed by atoms with van der Waals surface area (Å²) in [7, 11) is 0. The summed E-state index contributed by atoms with van der Waals surface area (Å²) in [6.07, 6.45) is 7.11. The van der Waals surface area contributed by atoms with E-state index in [1.165, 1.54) is 17.5 Å². The fourth-order valence-corrected chi connectivity index (χ4v) is 6.52. The Morgan fingerprint density at radius 1 is 1.25 bits per heavy atom. The van der Waals surface area contributed by atoms with Crippen molar-refractivity contribution < 1.29 is 13.9 Å². The lowest BCUT2D eigenvalue weighted by Gasteiger charge is -2.47. The average molecular weight is 527 g/mol. The molecule has 0 saturated heterocycles. The van der Waals surface area contributed by atoms with Gasteiger partial charge in [0.15, 0.2) is 23.1 Å².